The zero-order chi connectivity index (χ0) is 5.86. The third-order valence-electron chi connectivity index (χ3n) is 0.288. The Labute approximate surface area is 46.3 Å². The van der Waals surface area contributed by atoms with Gasteiger partial charge in [-0.3, -0.25) is 0 Å². The Hall–Kier alpha value is -0.380. The predicted molar refractivity (Wildman–Crippen MR) is 35.0 cm³/mol. The van der Waals surface area contributed by atoms with Crippen LogP contribution < -0.4 is 11.5 Å². The first-order valence-corrected chi connectivity index (χ1v) is 3.80. The van der Waals surface area contributed by atoms with Crippen molar-refractivity contribution < 1.29 is 0 Å². The number of hydrogen-bond donors (Lipinski definition) is 2. The molecular formula is C3H10N3S+. The fraction of sp³-hybridized carbons (Fsp3) is 0.667. The molecule has 7 heavy (non-hydrogen) atoms. The molecule has 0 radical (unpaired) electrons. The van der Waals surface area contributed by atoms with Crippen molar-refractivity contribution in [3.63, 3.8) is 0 Å². The summed E-state index contributed by atoms with van der Waals surface area (Å²) >= 11 is -0.00772. The predicted octanol–water partition coefficient (Wildman–Crippen LogP) is -0.947. The minimum absolute atomic E-state index is 0.00772. The van der Waals surface area contributed by atoms with Gasteiger partial charge in [0.15, 0.2) is 0 Å². The van der Waals surface area contributed by atoms with Crippen molar-refractivity contribution in [2.24, 2.45) is 15.9 Å². The van der Waals surface area contributed by atoms with Gasteiger partial charge in [0.25, 0.3) is 0 Å². The number of nitrogens with two attached hydrogens (primary N) is 2. The van der Waals surface area contributed by atoms with E-state index in [0.717, 1.165) is 0 Å². The second-order valence-corrected chi connectivity index (χ2v) is 3.02. The van der Waals surface area contributed by atoms with E-state index in [1.807, 2.05) is 12.5 Å². The molecule has 0 atom stereocenters. The van der Waals surface area contributed by atoms with Crippen LogP contribution in [0.15, 0.2) is 4.40 Å². The van der Waals surface area contributed by atoms with Crippen LogP contribution in [0.5, 0.6) is 0 Å². The topological polar surface area (TPSA) is 64.4 Å². The molecule has 0 rings (SSSR count). The molecule has 0 aromatic rings. The maximum absolute atomic E-state index is 5.03. The summed E-state index contributed by atoms with van der Waals surface area (Å²) in [5.41, 5.74) is 10.1. The van der Waals surface area contributed by atoms with Gasteiger partial charge in [0.2, 0.25) is 5.96 Å². The van der Waals surface area contributed by atoms with E-state index in [0.29, 0.717) is 0 Å². The van der Waals surface area contributed by atoms with E-state index in [1.54, 1.807) is 0 Å². The van der Waals surface area contributed by atoms with Crippen molar-refractivity contribution in [2.45, 2.75) is 0 Å². The summed E-state index contributed by atoms with van der Waals surface area (Å²) in [6.07, 6.45) is 3.89. The van der Waals surface area contributed by atoms with Gasteiger partial charge in [0, 0.05) is 0 Å². The van der Waals surface area contributed by atoms with Crippen molar-refractivity contribution in [1.82, 2.24) is 0 Å². The molecule has 0 bridgehead atoms. The fourth-order valence-corrected chi connectivity index (χ4v) is 0.632. The van der Waals surface area contributed by atoms with Gasteiger partial charge in [-0.25, -0.2) is 0 Å². The number of hydrogen-bond acceptors (Lipinski definition) is 1. The van der Waals surface area contributed by atoms with Crippen LogP contribution in [-0.4, -0.2) is 18.5 Å². The molecule has 42 valence electrons. The van der Waals surface area contributed by atoms with Gasteiger partial charge in [-0.1, -0.05) is 0 Å². The molecule has 0 aliphatic rings. The minimum Gasteiger partial charge on any atom is -0.366 e. The van der Waals surface area contributed by atoms with Gasteiger partial charge in [0.05, 0.1) is 0 Å². The number of nitrogens with zero attached hydrogens (tertiary/aromatic N) is 1. The largest absolute Gasteiger partial charge is 0.366 e. The molecule has 4 heteroatoms. The van der Waals surface area contributed by atoms with E-state index >= 15 is 0 Å². The van der Waals surface area contributed by atoms with E-state index in [4.69, 9.17) is 11.5 Å². The smallest absolute Gasteiger partial charge is 0.240 e. The van der Waals surface area contributed by atoms with Crippen LogP contribution in [0.25, 0.3) is 0 Å². The molecule has 0 heterocycles. The highest BCUT2D eigenvalue weighted by Crippen LogP contribution is 1.80. The summed E-state index contributed by atoms with van der Waals surface area (Å²) in [6, 6.07) is 0. The van der Waals surface area contributed by atoms with Crippen LogP contribution >= 0.6 is 0 Å². The Balaban J connectivity index is 3.45. The van der Waals surface area contributed by atoms with Crippen LogP contribution in [0, 0.1) is 0 Å². The Kier molecular flexibility index (Phi) is 2.59. The third kappa shape index (κ3) is 5.62. The van der Waals surface area contributed by atoms with Crippen molar-refractivity contribution in [3.05, 3.63) is 0 Å². The molecule has 4 N–H and O–H groups in total. The van der Waals surface area contributed by atoms with Crippen LogP contribution in [0.3, 0.4) is 0 Å². The molecule has 0 saturated carbocycles. The SMILES string of the molecule is C[S+](C)N=C(N)N. The van der Waals surface area contributed by atoms with E-state index in [2.05, 4.69) is 4.40 Å². The normalized spacial score (nSPS) is 9.00. The second kappa shape index (κ2) is 2.74. The van der Waals surface area contributed by atoms with Crippen molar-refractivity contribution >= 4 is 17.0 Å². The lowest BCUT2D eigenvalue weighted by Gasteiger charge is -1.82. The van der Waals surface area contributed by atoms with Crippen molar-refractivity contribution in [2.75, 3.05) is 12.5 Å². The highest BCUT2D eigenvalue weighted by Gasteiger charge is 1.95. The monoisotopic (exact) mass is 120 g/mol. The summed E-state index contributed by atoms with van der Waals surface area (Å²) in [7, 11) is 0. The first kappa shape index (κ1) is 6.62. The molecule has 0 unspecified atom stereocenters. The Bertz CT molecular complexity index is 74.2. The van der Waals surface area contributed by atoms with Gasteiger partial charge < -0.3 is 11.5 Å². The zero-order valence-corrected chi connectivity index (χ0v) is 5.33. The van der Waals surface area contributed by atoms with E-state index in [-0.39, 0.29) is 17.0 Å². The third-order valence-corrected chi connectivity index (χ3v) is 0.864. The van der Waals surface area contributed by atoms with Crippen LogP contribution in [0.2, 0.25) is 0 Å². The maximum Gasteiger partial charge on any atom is 0.240 e. The highest BCUT2D eigenvalue weighted by molar-refractivity contribution is 7.94. The lowest BCUT2D eigenvalue weighted by Crippen LogP contribution is -2.23. The molecule has 0 spiro atoms. The first-order chi connectivity index (χ1) is 3.13. The lowest BCUT2D eigenvalue weighted by molar-refractivity contribution is 1.53. The second-order valence-electron chi connectivity index (χ2n) is 1.29. The number of guanidine groups is 1. The van der Waals surface area contributed by atoms with Crippen molar-refractivity contribution in [3.8, 4) is 0 Å². The zero-order valence-electron chi connectivity index (χ0n) is 4.51. The van der Waals surface area contributed by atoms with E-state index in [9.17, 15) is 0 Å². The van der Waals surface area contributed by atoms with Crippen LogP contribution in [0.1, 0.15) is 0 Å². The molecule has 0 fully saturated rings. The molecule has 0 aliphatic carbocycles. The lowest BCUT2D eigenvalue weighted by atomic mass is 11.1. The van der Waals surface area contributed by atoms with E-state index in [1.165, 1.54) is 0 Å². The summed E-state index contributed by atoms with van der Waals surface area (Å²) in [4.78, 5) is 0. The van der Waals surface area contributed by atoms with Crippen molar-refractivity contribution in [1.29, 1.82) is 0 Å². The van der Waals surface area contributed by atoms with Gasteiger partial charge in [0.1, 0.15) is 23.6 Å². The van der Waals surface area contributed by atoms with E-state index < -0.39 is 0 Å². The standard InChI is InChI=1S/C3H10N3S/c1-7(2)6-3(4)5/h1-2H3,(H4,4,5,6)/q+1. The quantitative estimate of drug-likeness (QED) is 0.266. The van der Waals surface area contributed by atoms with Crippen LogP contribution in [0.4, 0.5) is 0 Å². The summed E-state index contributed by atoms with van der Waals surface area (Å²) in [5.74, 6) is 0.174. The number of rotatable bonds is 1. The molecule has 0 aliphatic heterocycles. The molecule has 3 nitrogen and oxygen atoms in total. The van der Waals surface area contributed by atoms with Gasteiger partial charge in [-0.15, -0.1) is 0 Å². The average molecular weight is 120 g/mol. The van der Waals surface area contributed by atoms with Crippen LogP contribution in [-0.2, 0) is 11.1 Å². The molecular weight excluding hydrogens is 110 g/mol. The molecule has 0 aromatic carbocycles. The summed E-state index contributed by atoms with van der Waals surface area (Å²) in [5, 5.41) is 0. The van der Waals surface area contributed by atoms with Gasteiger partial charge in [-0.2, -0.15) is 0 Å². The fourth-order valence-electron chi connectivity index (χ4n) is 0.211. The van der Waals surface area contributed by atoms with Gasteiger partial charge in [-0.05, 0) is 4.40 Å². The maximum atomic E-state index is 5.03. The molecule has 0 saturated heterocycles. The Morgan fingerprint density at radius 1 is 1.43 bits per heavy atom. The molecule has 0 amide bonds. The first-order valence-electron chi connectivity index (χ1n) is 1.80. The average Bonchev–Trinajstić information content (AvgIpc) is 1.27. The minimum atomic E-state index is -0.00772. The Morgan fingerprint density at radius 3 is 1.86 bits per heavy atom. The summed E-state index contributed by atoms with van der Waals surface area (Å²) < 4.78 is 3.78. The van der Waals surface area contributed by atoms with Gasteiger partial charge >= 0.3 is 0 Å². The highest BCUT2D eigenvalue weighted by atomic mass is 32.2. The molecule has 0 aromatic heterocycles. The Morgan fingerprint density at radius 2 is 1.86 bits per heavy atom. The summed E-state index contributed by atoms with van der Waals surface area (Å²) in [6.45, 7) is 0.